The quantitative estimate of drug-likeness (QED) is 0.398. The van der Waals surface area contributed by atoms with Crippen molar-refractivity contribution in [3.63, 3.8) is 0 Å². The summed E-state index contributed by atoms with van der Waals surface area (Å²) < 4.78 is 33.5. The molecule has 0 saturated carbocycles. The van der Waals surface area contributed by atoms with E-state index < -0.39 is 28.9 Å². The SMILES string of the molecule is C[C@@H](c1ccc(-c2ccc(F)cc2F)cc1)N1CC[C@](CCC(C)(C)O)(c2ccccc2)OC1=O. The fourth-order valence-corrected chi connectivity index (χ4v) is 4.64. The van der Waals surface area contributed by atoms with Crippen LogP contribution in [-0.4, -0.2) is 28.2 Å². The molecule has 0 unspecified atom stereocenters. The topological polar surface area (TPSA) is 49.8 Å². The first kappa shape index (κ1) is 24.9. The maximum Gasteiger partial charge on any atom is 0.411 e. The van der Waals surface area contributed by atoms with Gasteiger partial charge in [0, 0.05) is 24.6 Å². The Hall–Kier alpha value is -3.25. The first-order chi connectivity index (χ1) is 16.6. The Labute approximate surface area is 205 Å². The highest BCUT2D eigenvalue weighted by Crippen LogP contribution is 2.41. The summed E-state index contributed by atoms with van der Waals surface area (Å²) in [7, 11) is 0. The van der Waals surface area contributed by atoms with E-state index in [2.05, 4.69) is 0 Å². The monoisotopic (exact) mass is 479 g/mol. The van der Waals surface area contributed by atoms with E-state index in [-0.39, 0.29) is 6.04 Å². The number of ether oxygens (including phenoxy) is 1. The number of carbonyl (C=O) groups is 1. The van der Waals surface area contributed by atoms with Crippen LogP contribution in [0.2, 0.25) is 0 Å². The van der Waals surface area contributed by atoms with E-state index in [0.717, 1.165) is 17.2 Å². The van der Waals surface area contributed by atoms with Crippen LogP contribution in [-0.2, 0) is 10.3 Å². The van der Waals surface area contributed by atoms with Gasteiger partial charge in [0.25, 0.3) is 0 Å². The van der Waals surface area contributed by atoms with Gasteiger partial charge < -0.3 is 14.7 Å². The van der Waals surface area contributed by atoms with Gasteiger partial charge in [0.1, 0.15) is 17.2 Å². The Bertz CT molecular complexity index is 1170. The molecular weight excluding hydrogens is 448 g/mol. The van der Waals surface area contributed by atoms with Crippen LogP contribution in [0.4, 0.5) is 13.6 Å². The summed E-state index contributed by atoms with van der Waals surface area (Å²) in [4.78, 5) is 14.9. The molecule has 3 aromatic rings. The summed E-state index contributed by atoms with van der Waals surface area (Å²) >= 11 is 0. The Kier molecular flexibility index (Phi) is 6.95. The lowest BCUT2D eigenvalue weighted by Gasteiger charge is -2.44. The molecule has 0 aromatic heterocycles. The van der Waals surface area contributed by atoms with Crippen molar-refractivity contribution in [1.29, 1.82) is 0 Å². The molecule has 1 N–H and O–H groups in total. The molecule has 1 aliphatic rings. The second-order valence-corrected chi connectivity index (χ2v) is 9.91. The summed E-state index contributed by atoms with van der Waals surface area (Å²) in [5.74, 6) is -1.23. The zero-order valence-corrected chi connectivity index (χ0v) is 20.3. The fraction of sp³-hybridized carbons (Fsp3) is 0.345. The lowest BCUT2D eigenvalue weighted by Crippen LogP contribution is -2.49. The maximum atomic E-state index is 14.2. The fourth-order valence-electron chi connectivity index (χ4n) is 4.64. The van der Waals surface area contributed by atoms with Crippen molar-refractivity contribution in [3.8, 4) is 11.1 Å². The third-order valence-electron chi connectivity index (χ3n) is 6.82. The number of benzene rings is 3. The van der Waals surface area contributed by atoms with Gasteiger partial charge in [0.15, 0.2) is 0 Å². The van der Waals surface area contributed by atoms with E-state index in [9.17, 15) is 18.7 Å². The number of hydrogen-bond acceptors (Lipinski definition) is 3. The lowest BCUT2D eigenvalue weighted by molar-refractivity contribution is -0.0767. The van der Waals surface area contributed by atoms with Crippen LogP contribution in [0.25, 0.3) is 11.1 Å². The number of cyclic esters (lactones) is 1. The normalized spacial score (nSPS) is 19.4. The number of rotatable bonds is 7. The predicted molar refractivity (Wildman–Crippen MR) is 132 cm³/mol. The molecule has 2 atom stereocenters. The number of aliphatic hydroxyl groups is 1. The zero-order valence-electron chi connectivity index (χ0n) is 20.3. The molecule has 4 nitrogen and oxygen atoms in total. The van der Waals surface area contributed by atoms with Crippen LogP contribution in [0.1, 0.15) is 57.2 Å². The molecule has 0 bridgehead atoms. The average Bonchev–Trinajstić information content (AvgIpc) is 2.83. The molecule has 0 radical (unpaired) electrons. The van der Waals surface area contributed by atoms with E-state index >= 15 is 0 Å². The average molecular weight is 480 g/mol. The van der Waals surface area contributed by atoms with Crippen molar-refractivity contribution in [1.82, 2.24) is 4.90 Å². The maximum absolute atomic E-state index is 14.2. The molecule has 3 aromatic carbocycles. The highest BCUT2D eigenvalue weighted by Gasteiger charge is 2.44. The number of amides is 1. The molecule has 1 saturated heterocycles. The largest absolute Gasteiger partial charge is 0.438 e. The Balaban J connectivity index is 1.52. The minimum absolute atomic E-state index is 0.252. The van der Waals surface area contributed by atoms with Gasteiger partial charge in [-0.05, 0) is 62.4 Å². The molecule has 6 heteroatoms. The summed E-state index contributed by atoms with van der Waals surface area (Å²) in [6, 6.07) is 20.2. The second-order valence-electron chi connectivity index (χ2n) is 9.91. The number of halogens is 2. The summed E-state index contributed by atoms with van der Waals surface area (Å²) in [5.41, 5.74) is 1.10. The van der Waals surface area contributed by atoms with E-state index in [0.29, 0.717) is 36.9 Å². The minimum Gasteiger partial charge on any atom is -0.438 e. The van der Waals surface area contributed by atoms with Crippen molar-refractivity contribution >= 4 is 6.09 Å². The molecule has 1 fully saturated rings. The zero-order chi connectivity index (χ0) is 25.2. The van der Waals surface area contributed by atoms with Crippen molar-refractivity contribution in [2.75, 3.05) is 6.54 Å². The summed E-state index contributed by atoms with van der Waals surface area (Å²) in [5, 5.41) is 10.3. The van der Waals surface area contributed by atoms with Gasteiger partial charge in [-0.2, -0.15) is 0 Å². The van der Waals surface area contributed by atoms with E-state index in [1.165, 1.54) is 12.1 Å². The van der Waals surface area contributed by atoms with Crippen LogP contribution >= 0.6 is 0 Å². The van der Waals surface area contributed by atoms with Gasteiger partial charge in [-0.25, -0.2) is 13.6 Å². The van der Waals surface area contributed by atoms with Gasteiger partial charge in [0.05, 0.1) is 11.6 Å². The molecular formula is C29H31F2NO3. The second kappa shape index (κ2) is 9.78. The Morgan fingerprint density at radius 3 is 2.34 bits per heavy atom. The molecule has 4 rings (SSSR count). The van der Waals surface area contributed by atoms with Crippen LogP contribution in [0.15, 0.2) is 72.8 Å². The first-order valence-corrected chi connectivity index (χ1v) is 11.9. The van der Waals surface area contributed by atoms with E-state index in [4.69, 9.17) is 4.74 Å². The van der Waals surface area contributed by atoms with E-state index in [1.54, 1.807) is 30.9 Å². The van der Waals surface area contributed by atoms with Gasteiger partial charge in [-0.3, -0.25) is 0 Å². The summed E-state index contributed by atoms with van der Waals surface area (Å²) in [6.45, 7) is 5.94. The Morgan fingerprint density at radius 1 is 1.06 bits per heavy atom. The molecule has 1 aliphatic heterocycles. The van der Waals surface area contributed by atoms with Crippen molar-refractivity contribution < 1.29 is 23.4 Å². The van der Waals surface area contributed by atoms with Crippen molar-refractivity contribution in [2.45, 2.75) is 57.3 Å². The first-order valence-electron chi connectivity index (χ1n) is 11.9. The third-order valence-corrected chi connectivity index (χ3v) is 6.82. The van der Waals surface area contributed by atoms with Gasteiger partial charge in [-0.1, -0.05) is 54.6 Å². The Morgan fingerprint density at radius 2 is 1.74 bits per heavy atom. The molecule has 0 spiro atoms. The van der Waals surface area contributed by atoms with E-state index in [1.807, 2.05) is 49.4 Å². The third kappa shape index (κ3) is 5.54. The van der Waals surface area contributed by atoms with Crippen LogP contribution in [0, 0.1) is 11.6 Å². The van der Waals surface area contributed by atoms with Crippen LogP contribution in [0.3, 0.4) is 0 Å². The smallest absolute Gasteiger partial charge is 0.411 e. The number of hydrogen-bond donors (Lipinski definition) is 1. The molecule has 1 heterocycles. The predicted octanol–water partition coefficient (Wildman–Crippen LogP) is 6.98. The van der Waals surface area contributed by atoms with Gasteiger partial charge in [-0.15, -0.1) is 0 Å². The molecule has 184 valence electrons. The lowest BCUT2D eigenvalue weighted by atomic mass is 9.82. The van der Waals surface area contributed by atoms with Gasteiger partial charge in [0.2, 0.25) is 0 Å². The summed E-state index contributed by atoms with van der Waals surface area (Å²) in [6.07, 6.45) is 1.21. The standard InChI is InChI=1S/C29H31F2NO3/c1-20(21-9-11-22(12-10-21)25-14-13-24(30)19-26(25)31)32-18-17-29(35-27(32)33,16-15-28(2,3)34)23-7-5-4-6-8-23/h4-14,19-20,34H,15-18H2,1-3H3/t20-,29+/m0/s1. The molecule has 0 aliphatic carbocycles. The van der Waals surface area contributed by atoms with Crippen molar-refractivity contribution in [2.24, 2.45) is 0 Å². The minimum atomic E-state index is -0.871. The van der Waals surface area contributed by atoms with Gasteiger partial charge >= 0.3 is 6.09 Å². The number of carbonyl (C=O) groups excluding carboxylic acids is 1. The highest BCUT2D eigenvalue weighted by molar-refractivity contribution is 5.70. The number of nitrogens with zero attached hydrogens (tertiary/aromatic N) is 1. The molecule has 1 amide bonds. The molecule has 35 heavy (non-hydrogen) atoms. The highest BCUT2D eigenvalue weighted by atomic mass is 19.1. The van der Waals surface area contributed by atoms with Crippen LogP contribution < -0.4 is 0 Å². The van der Waals surface area contributed by atoms with Crippen molar-refractivity contribution in [3.05, 3.63) is 95.6 Å². The van der Waals surface area contributed by atoms with Crippen LogP contribution in [0.5, 0.6) is 0 Å².